The monoisotopic (exact) mass is 627 g/mol. The maximum Gasteiger partial charge on any atom is 0.159 e. The van der Waals surface area contributed by atoms with Gasteiger partial charge in [0.05, 0.1) is 17.1 Å². The second kappa shape index (κ2) is 11.0. The molecule has 0 fully saturated rings. The van der Waals surface area contributed by atoms with Crippen LogP contribution in [0.1, 0.15) is 0 Å². The summed E-state index contributed by atoms with van der Waals surface area (Å²) in [5.74, 6) is 0. The highest BCUT2D eigenvalue weighted by molar-refractivity contribution is 6.16. The van der Waals surface area contributed by atoms with Crippen LogP contribution >= 0.6 is 0 Å². The summed E-state index contributed by atoms with van der Waals surface area (Å²) in [5.41, 5.74) is 10.7. The third-order valence-electron chi connectivity index (χ3n) is 9.66. The molecule has 10 rings (SSSR count). The fourth-order valence-electron chi connectivity index (χ4n) is 7.39. The van der Waals surface area contributed by atoms with Gasteiger partial charge in [0.15, 0.2) is 11.2 Å². The van der Waals surface area contributed by atoms with E-state index in [0.717, 1.165) is 83.2 Å². The molecule has 10 aromatic rings. The van der Waals surface area contributed by atoms with Gasteiger partial charge in [0.1, 0.15) is 11.2 Å². The van der Waals surface area contributed by atoms with Gasteiger partial charge in [0.2, 0.25) is 0 Å². The van der Waals surface area contributed by atoms with E-state index in [9.17, 15) is 0 Å². The van der Waals surface area contributed by atoms with Crippen molar-refractivity contribution in [1.82, 2.24) is 0 Å². The lowest BCUT2D eigenvalue weighted by atomic mass is 9.98. The topological polar surface area (TPSA) is 29.5 Å². The SMILES string of the molecule is c1ccc(-c2cccc3c2oc2c(N(c4ccccc4-c4ccc5ccccc5c4)c4cccc5c4oc4ccccc45)cccc23)cc1. The van der Waals surface area contributed by atoms with E-state index in [1.807, 2.05) is 18.2 Å². The van der Waals surface area contributed by atoms with Crippen LogP contribution in [0.25, 0.3) is 76.9 Å². The van der Waals surface area contributed by atoms with Crippen LogP contribution in [-0.4, -0.2) is 0 Å². The number of hydrogen-bond donors (Lipinski definition) is 0. The van der Waals surface area contributed by atoms with Gasteiger partial charge >= 0.3 is 0 Å². The molecular formula is C46H29NO2. The molecule has 0 bridgehead atoms. The van der Waals surface area contributed by atoms with Gasteiger partial charge in [-0.2, -0.15) is 0 Å². The Balaban J connectivity index is 1.29. The van der Waals surface area contributed by atoms with Crippen LogP contribution in [-0.2, 0) is 0 Å². The Bertz CT molecular complexity index is 2840. The second-order valence-electron chi connectivity index (χ2n) is 12.5. The highest BCUT2D eigenvalue weighted by atomic mass is 16.3. The van der Waals surface area contributed by atoms with Gasteiger partial charge in [-0.15, -0.1) is 0 Å². The molecule has 0 amide bonds. The highest BCUT2D eigenvalue weighted by Crippen LogP contribution is 2.49. The van der Waals surface area contributed by atoms with Crippen molar-refractivity contribution in [2.45, 2.75) is 0 Å². The van der Waals surface area contributed by atoms with Gasteiger partial charge in [-0.05, 0) is 52.2 Å². The summed E-state index contributed by atoms with van der Waals surface area (Å²) in [7, 11) is 0. The number of nitrogens with zero attached hydrogens (tertiary/aromatic N) is 1. The average molecular weight is 628 g/mol. The first-order valence-corrected chi connectivity index (χ1v) is 16.6. The summed E-state index contributed by atoms with van der Waals surface area (Å²) in [5, 5.41) is 6.74. The first-order chi connectivity index (χ1) is 24.3. The van der Waals surface area contributed by atoms with E-state index < -0.39 is 0 Å². The molecule has 49 heavy (non-hydrogen) atoms. The number of furan rings is 2. The van der Waals surface area contributed by atoms with E-state index >= 15 is 0 Å². The predicted molar refractivity (Wildman–Crippen MR) is 204 cm³/mol. The number of fused-ring (bicyclic) bond motifs is 7. The molecule has 2 aromatic heterocycles. The molecule has 0 aliphatic heterocycles. The molecule has 0 saturated carbocycles. The summed E-state index contributed by atoms with van der Waals surface area (Å²) < 4.78 is 13.7. The fraction of sp³-hybridized carbons (Fsp3) is 0. The smallest absolute Gasteiger partial charge is 0.159 e. The Morgan fingerprint density at radius 2 is 0.898 bits per heavy atom. The van der Waals surface area contributed by atoms with Crippen LogP contribution in [0.5, 0.6) is 0 Å². The first-order valence-electron chi connectivity index (χ1n) is 16.6. The van der Waals surface area contributed by atoms with Crippen molar-refractivity contribution >= 4 is 71.7 Å². The van der Waals surface area contributed by atoms with Crippen molar-refractivity contribution in [1.29, 1.82) is 0 Å². The van der Waals surface area contributed by atoms with Crippen LogP contribution < -0.4 is 4.90 Å². The Labute approximate surface area is 282 Å². The molecule has 0 saturated heterocycles. The maximum absolute atomic E-state index is 7.00. The highest BCUT2D eigenvalue weighted by Gasteiger charge is 2.25. The van der Waals surface area contributed by atoms with Crippen LogP contribution in [0.15, 0.2) is 185 Å². The van der Waals surface area contributed by atoms with Crippen molar-refractivity contribution in [2.24, 2.45) is 0 Å². The van der Waals surface area contributed by atoms with Crippen molar-refractivity contribution in [3.8, 4) is 22.3 Å². The fourth-order valence-corrected chi connectivity index (χ4v) is 7.39. The summed E-state index contributed by atoms with van der Waals surface area (Å²) in [6.07, 6.45) is 0. The number of rotatable bonds is 5. The summed E-state index contributed by atoms with van der Waals surface area (Å²) >= 11 is 0. The molecule has 0 spiro atoms. The normalized spacial score (nSPS) is 11.7. The average Bonchev–Trinajstić information content (AvgIpc) is 3.75. The molecule has 0 atom stereocenters. The minimum Gasteiger partial charge on any atom is -0.454 e. The zero-order valence-corrected chi connectivity index (χ0v) is 26.5. The maximum atomic E-state index is 7.00. The van der Waals surface area contributed by atoms with Crippen molar-refractivity contribution in [3.63, 3.8) is 0 Å². The molecule has 0 unspecified atom stereocenters. The molecule has 2 heterocycles. The second-order valence-corrected chi connectivity index (χ2v) is 12.5. The van der Waals surface area contributed by atoms with Gasteiger partial charge in [-0.3, -0.25) is 0 Å². The summed E-state index contributed by atoms with van der Waals surface area (Å²) in [4.78, 5) is 2.32. The number of para-hydroxylation sites is 5. The van der Waals surface area contributed by atoms with Gasteiger partial charge in [-0.1, -0.05) is 146 Å². The van der Waals surface area contributed by atoms with E-state index in [4.69, 9.17) is 8.83 Å². The first kappa shape index (κ1) is 27.5. The van der Waals surface area contributed by atoms with E-state index in [-0.39, 0.29) is 0 Å². The molecule has 0 radical (unpaired) electrons. The molecular weight excluding hydrogens is 599 g/mol. The standard InChI is InChI=1S/C46H29NO2/c1-2-14-31(15-3-1)35-19-10-20-38-39-22-12-25-42(46(39)49-44(35)38)47(41-24-11-21-37-36-18-7-9-26-43(36)48-45(37)41)40-23-8-6-17-34(40)33-28-27-30-13-4-5-16-32(30)29-33/h1-29H. The lowest BCUT2D eigenvalue weighted by Gasteiger charge is -2.28. The van der Waals surface area contributed by atoms with E-state index in [0.29, 0.717) is 0 Å². The van der Waals surface area contributed by atoms with Gasteiger partial charge in [0.25, 0.3) is 0 Å². The molecule has 0 N–H and O–H groups in total. The molecule has 3 heteroatoms. The zero-order valence-electron chi connectivity index (χ0n) is 26.5. The van der Waals surface area contributed by atoms with E-state index in [1.54, 1.807) is 0 Å². The minimum atomic E-state index is 0.822. The van der Waals surface area contributed by atoms with Crippen LogP contribution in [0, 0.1) is 0 Å². The lowest BCUT2D eigenvalue weighted by molar-refractivity contribution is 0.666. The van der Waals surface area contributed by atoms with Crippen LogP contribution in [0.4, 0.5) is 17.1 Å². The van der Waals surface area contributed by atoms with Crippen LogP contribution in [0.2, 0.25) is 0 Å². The van der Waals surface area contributed by atoms with Gasteiger partial charge < -0.3 is 13.7 Å². The van der Waals surface area contributed by atoms with E-state index in [1.165, 1.54) is 10.8 Å². The summed E-state index contributed by atoms with van der Waals surface area (Å²) in [6.45, 7) is 0. The molecule has 230 valence electrons. The zero-order chi connectivity index (χ0) is 32.3. The Hall–Kier alpha value is -6.58. The molecule has 3 nitrogen and oxygen atoms in total. The number of hydrogen-bond acceptors (Lipinski definition) is 3. The number of anilines is 3. The Kier molecular flexibility index (Phi) is 6.18. The van der Waals surface area contributed by atoms with Gasteiger partial charge in [-0.25, -0.2) is 0 Å². The molecule has 8 aromatic carbocycles. The van der Waals surface area contributed by atoms with Crippen molar-refractivity contribution in [3.05, 3.63) is 176 Å². The predicted octanol–water partition coefficient (Wildman–Crippen LogP) is 13.4. The van der Waals surface area contributed by atoms with E-state index in [2.05, 4.69) is 163 Å². The number of benzene rings is 8. The Morgan fingerprint density at radius 3 is 1.73 bits per heavy atom. The summed E-state index contributed by atoms with van der Waals surface area (Å²) in [6, 6.07) is 61.8. The quantitative estimate of drug-likeness (QED) is 0.190. The Morgan fingerprint density at radius 1 is 0.327 bits per heavy atom. The third-order valence-corrected chi connectivity index (χ3v) is 9.66. The van der Waals surface area contributed by atoms with Crippen molar-refractivity contribution < 1.29 is 8.83 Å². The van der Waals surface area contributed by atoms with Crippen molar-refractivity contribution in [2.75, 3.05) is 4.90 Å². The third kappa shape index (κ3) is 4.37. The minimum absolute atomic E-state index is 0.822. The molecule has 0 aliphatic rings. The lowest BCUT2D eigenvalue weighted by Crippen LogP contribution is -2.11. The van der Waals surface area contributed by atoms with Crippen LogP contribution in [0.3, 0.4) is 0 Å². The van der Waals surface area contributed by atoms with Gasteiger partial charge in [0, 0.05) is 32.7 Å². The molecule has 0 aliphatic carbocycles. The largest absolute Gasteiger partial charge is 0.454 e.